The molecule has 0 aliphatic heterocycles. The Kier molecular flexibility index (Phi) is 5.22. The zero-order valence-corrected chi connectivity index (χ0v) is 16.6. The lowest BCUT2D eigenvalue weighted by Gasteiger charge is -2.07. The molecule has 3 aromatic rings. The van der Waals surface area contributed by atoms with Crippen molar-refractivity contribution in [3.63, 3.8) is 0 Å². The number of amides is 1. The lowest BCUT2D eigenvalue weighted by molar-refractivity contribution is -0.116. The van der Waals surface area contributed by atoms with Crippen molar-refractivity contribution < 1.29 is 14.3 Å². The van der Waals surface area contributed by atoms with Crippen molar-refractivity contribution in [1.29, 1.82) is 0 Å². The SMILES string of the molecule is COC(=O)c1sc2cc(NC(=O)Cn3nc(C)c(Cl)c3C)ccc2c1Cl. The number of halogens is 2. The van der Waals surface area contributed by atoms with Crippen molar-refractivity contribution in [3.8, 4) is 0 Å². The summed E-state index contributed by atoms with van der Waals surface area (Å²) in [7, 11) is 1.31. The number of rotatable bonds is 4. The van der Waals surface area contributed by atoms with Crippen LogP contribution in [0.4, 0.5) is 5.69 Å². The van der Waals surface area contributed by atoms with E-state index in [-0.39, 0.29) is 12.5 Å². The fourth-order valence-corrected chi connectivity index (χ4v) is 4.13. The maximum atomic E-state index is 12.3. The number of nitrogens with one attached hydrogen (secondary N) is 1. The van der Waals surface area contributed by atoms with Crippen LogP contribution in [-0.4, -0.2) is 28.8 Å². The number of hydrogen-bond acceptors (Lipinski definition) is 5. The third kappa shape index (κ3) is 3.42. The standard InChI is InChI=1S/C17H15Cl2N3O3S/c1-8-14(18)9(2)22(21-8)7-13(23)20-10-4-5-11-12(6-10)26-16(15(11)19)17(24)25-3/h4-6H,7H2,1-3H3,(H,20,23). The lowest BCUT2D eigenvalue weighted by Crippen LogP contribution is -2.20. The van der Waals surface area contributed by atoms with Gasteiger partial charge in [-0.15, -0.1) is 11.3 Å². The van der Waals surface area contributed by atoms with Gasteiger partial charge in [0, 0.05) is 15.8 Å². The van der Waals surface area contributed by atoms with Gasteiger partial charge in [-0.05, 0) is 32.0 Å². The first-order valence-corrected chi connectivity index (χ1v) is 9.18. The average molecular weight is 412 g/mol. The summed E-state index contributed by atoms with van der Waals surface area (Å²) >= 11 is 13.5. The highest BCUT2D eigenvalue weighted by Gasteiger charge is 2.18. The van der Waals surface area contributed by atoms with E-state index in [0.29, 0.717) is 26.3 Å². The summed E-state index contributed by atoms with van der Waals surface area (Å²) < 4.78 is 7.07. The first kappa shape index (κ1) is 18.7. The number of esters is 1. The lowest BCUT2D eigenvalue weighted by atomic mass is 10.2. The van der Waals surface area contributed by atoms with Crippen LogP contribution in [0.2, 0.25) is 10.0 Å². The minimum atomic E-state index is -0.483. The molecule has 2 aromatic heterocycles. The van der Waals surface area contributed by atoms with Crippen LogP contribution in [0.5, 0.6) is 0 Å². The average Bonchev–Trinajstić information content (AvgIpc) is 3.06. The van der Waals surface area contributed by atoms with Gasteiger partial charge in [0.1, 0.15) is 11.4 Å². The Hall–Kier alpha value is -2.09. The van der Waals surface area contributed by atoms with E-state index in [0.717, 1.165) is 15.8 Å². The molecule has 0 saturated heterocycles. The van der Waals surface area contributed by atoms with Gasteiger partial charge in [0.2, 0.25) is 5.91 Å². The molecule has 26 heavy (non-hydrogen) atoms. The molecule has 3 rings (SSSR count). The number of ether oxygens (including phenoxy) is 1. The van der Waals surface area contributed by atoms with Crippen LogP contribution in [0.1, 0.15) is 21.1 Å². The van der Waals surface area contributed by atoms with Gasteiger partial charge in [-0.3, -0.25) is 9.48 Å². The molecule has 0 aliphatic carbocycles. The topological polar surface area (TPSA) is 73.2 Å². The molecule has 0 spiro atoms. The molecular formula is C17H15Cl2N3O3S. The van der Waals surface area contributed by atoms with Gasteiger partial charge in [-0.2, -0.15) is 5.10 Å². The summed E-state index contributed by atoms with van der Waals surface area (Å²) in [5, 5.41) is 8.71. The molecule has 6 nitrogen and oxygen atoms in total. The fourth-order valence-electron chi connectivity index (χ4n) is 2.53. The number of nitrogens with zero attached hydrogens (tertiary/aromatic N) is 2. The Labute approximate surface area is 163 Å². The van der Waals surface area contributed by atoms with Crippen LogP contribution < -0.4 is 5.32 Å². The molecule has 9 heteroatoms. The number of hydrogen-bond donors (Lipinski definition) is 1. The Morgan fingerprint density at radius 3 is 2.62 bits per heavy atom. The highest BCUT2D eigenvalue weighted by molar-refractivity contribution is 7.21. The first-order valence-electron chi connectivity index (χ1n) is 7.61. The Morgan fingerprint density at radius 2 is 2.00 bits per heavy atom. The maximum absolute atomic E-state index is 12.3. The summed E-state index contributed by atoms with van der Waals surface area (Å²) in [6.07, 6.45) is 0. The normalized spacial score (nSPS) is 11.0. The molecule has 1 amide bonds. The third-order valence-electron chi connectivity index (χ3n) is 3.87. The van der Waals surface area contributed by atoms with Crippen LogP contribution in [0.3, 0.4) is 0 Å². The van der Waals surface area contributed by atoms with E-state index in [2.05, 4.69) is 10.4 Å². The van der Waals surface area contributed by atoms with E-state index in [4.69, 9.17) is 27.9 Å². The number of fused-ring (bicyclic) bond motifs is 1. The molecule has 136 valence electrons. The van der Waals surface area contributed by atoms with Crippen LogP contribution in [0, 0.1) is 13.8 Å². The molecule has 0 saturated carbocycles. The van der Waals surface area contributed by atoms with Crippen LogP contribution in [0.25, 0.3) is 10.1 Å². The molecule has 0 radical (unpaired) electrons. The van der Waals surface area contributed by atoms with Crippen molar-refractivity contribution in [2.45, 2.75) is 20.4 Å². The predicted molar refractivity (Wildman–Crippen MR) is 104 cm³/mol. The van der Waals surface area contributed by atoms with Crippen LogP contribution in [-0.2, 0) is 16.1 Å². The summed E-state index contributed by atoms with van der Waals surface area (Å²) in [4.78, 5) is 24.4. The van der Waals surface area contributed by atoms with Crippen molar-refractivity contribution >= 4 is 62.2 Å². The number of aryl methyl sites for hydroxylation is 1. The van der Waals surface area contributed by atoms with Gasteiger partial charge in [0.25, 0.3) is 0 Å². The number of benzene rings is 1. The zero-order valence-electron chi connectivity index (χ0n) is 14.2. The number of carbonyl (C=O) groups excluding carboxylic acids is 2. The van der Waals surface area contributed by atoms with Gasteiger partial charge >= 0.3 is 5.97 Å². The van der Waals surface area contributed by atoms with Crippen molar-refractivity contribution in [2.75, 3.05) is 12.4 Å². The second-order valence-corrected chi connectivity index (χ2v) is 7.45. The highest BCUT2D eigenvalue weighted by atomic mass is 35.5. The third-order valence-corrected chi connectivity index (χ3v) is 6.05. The number of thiophene rings is 1. The van der Waals surface area contributed by atoms with Crippen LogP contribution in [0.15, 0.2) is 18.2 Å². The quantitative estimate of drug-likeness (QED) is 0.643. The van der Waals surface area contributed by atoms with Crippen molar-refractivity contribution in [3.05, 3.63) is 44.5 Å². The number of anilines is 1. The molecule has 0 atom stereocenters. The largest absolute Gasteiger partial charge is 0.465 e. The number of aromatic nitrogens is 2. The minimum Gasteiger partial charge on any atom is -0.465 e. The van der Waals surface area contributed by atoms with E-state index in [1.54, 1.807) is 29.8 Å². The molecule has 2 heterocycles. The predicted octanol–water partition coefficient (Wildman–Crippen LogP) is 4.45. The smallest absolute Gasteiger partial charge is 0.349 e. The second-order valence-electron chi connectivity index (χ2n) is 5.64. The first-order chi connectivity index (χ1) is 12.3. The van der Waals surface area contributed by atoms with E-state index < -0.39 is 5.97 Å². The summed E-state index contributed by atoms with van der Waals surface area (Å²) in [6.45, 7) is 3.65. The Morgan fingerprint density at radius 1 is 1.27 bits per heavy atom. The Balaban J connectivity index is 1.81. The monoisotopic (exact) mass is 411 g/mol. The maximum Gasteiger partial charge on any atom is 0.349 e. The summed E-state index contributed by atoms with van der Waals surface area (Å²) in [6, 6.07) is 5.26. The molecule has 1 aromatic carbocycles. The summed E-state index contributed by atoms with van der Waals surface area (Å²) in [5.41, 5.74) is 2.02. The van der Waals surface area contributed by atoms with Crippen molar-refractivity contribution in [2.24, 2.45) is 0 Å². The number of carbonyl (C=O) groups is 2. The molecule has 0 aliphatic rings. The molecule has 1 N–H and O–H groups in total. The molecule has 0 unspecified atom stereocenters. The highest BCUT2D eigenvalue weighted by Crippen LogP contribution is 2.37. The Bertz CT molecular complexity index is 1030. The van der Waals surface area contributed by atoms with Gasteiger partial charge in [-0.1, -0.05) is 23.2 Å². The molecule has 0 bridgehead atoms. The molecule has 0 fully saturated rings. The summed E-state index contributed by atoms with van der Waals surface area (Å²) in [5.74, 6) is -0.717. The van der Waals surface area contributed by atoms with E-state index in [1.165, 1.54) is 18.4 Å². The van der Waals surface area contributed by atoms with Gasteiger partial charge in [0.05, 0.1) is 28.5 Å². The van der Waals surface area contributed by atoms with Gasteiger partial charge < -0.3 is 10.1 Å². The van der Waals surface area contributed by atoms with E-state index in [1.807, 2.05) is 6.92 Å². The van der Waals surface area contributed by atoms with Gasteiger partial charge in [-0.25, -0.2) is 4.79 Å². The van der Waals surface area contributed by atoms with E-state index >= 15 is 0 Å². The zero-order chi connectivity index (χ0) is 19.0. The second kappa shape index (κ2) is 7.26. The number of methoxy groups -OCH3 is 1. The van der Waals surface area contributed by atoms with E-state index in [9.17, 15) is 9.59 Å². The van der Waals surface area contributed by atoms with Crippen molar-refractivity contribution in [1.82, 2.24) is 9.78 Å². The molecular weight excluding hydrogens is 397 g/mol. The minimum absolute atomic E-state index is 0.0516. The fraction of sp³-hybridized carbons (Fsp3) is 0.235. The van der Waals surface area contributed by atoms with Gasteiger partial charge in [0.15, 0.2) is 0 Å². The van der Waals surface area contributed by atoms with Crippen LogP contribution >= 0.6 is 34.5 Å².